The summed E-state index contributed by atoms with van der Waals surface area (Å²) in [6.45, 7) is 7.85. The number of hydrogen-bond donors (Lipinski definition) is 1. The van der Waals surface area contributed by atoms with Gasteiger partial charge in [0.2, 0.25) is 0 Å². The molecule has 0 aliphatic rings. The molecule has 0 unspecified atom stereocenters. The van der Waals surface area contributed by atoms with E-state index in [1.807, 2.05) is 24.4 Å². The van der Waals surface area contributed by atoms with Crippen LogP contribution >= 0.6 is 0 Å². The molecule has 16 heavy (non-hydrogen) atoms. The first-order valence-electron chi connectivity index (χ1n) is 5.97. The second kappa shape index (κ2) is 8.25. The number of hydrogen-bond acceptors (Lipinski definition) is 3. The van der Waals surface area contributed by atoms with E-state index in [1.54, 1.807) is 0 Å². The van der Waals surface area contributed by atoms with Gasteiger partial charge in [-0.15, -0.1) is 0 Å². The maximum absolute atomic E-state index is 5.49. The molecule has 1 rings (SSSR count). The van der Waals surface area contributed by atoms with Crippen molar-refractivity contribution in [3.63, 3.8) is 0 Å². The lowest BCUT2D eigenvalue weighted by atomic mass is 10.2. The third kappa shape index (κ3) is 6.53. The molecule has 90 valence electrons. The molecule has 0 aliphatic carbocycles. The van der Waals surface area contributed by atoms with E-state index in [-0.39, 0.29) is 0 Å². The molecule has 0 saturated carbocycles. The molecule has 1 heterocycles. The van der Waals surface area contributed by atoms with Crippen LogP contribution in [0.15, 0.2) is 24.4 Å². The van der Waals surface area contributed by atoms with E-state index in [0.717, 1.165) is 38.4 Å². The third-order valence-electron chi connectivity index (χ3n) is 2.13. The van der Waals surface area contributed by atoms with Gasteiger partial charge >= 0.3 is 0 Å². The highest BCUT2D eigenvalue weighted by atomic mass is 16.5. The first kappa shape index (κ1) is 13.1. The van der Waals surface area contributed by atoms with Crippen LogP contribution in [0.25, 0.3) is 0 Å². The molecule has 0 radical (unpaired) electrons. The number of rotatable bonds is 8. The Morgan fingerprint density at radius 3 is 2.94 bits per heavy atom. The molecule has 1 aromatic rings. The molecule has 0 aromatic carbocycles. The largest absolute Gasteiger partial charge is 0.381 e. The summed E-state index contributed by atoms with van der Waals surface area (Å²) < 4.78 is 5.49. The van der Waals surface area contributed by atoms with Gasteiger partial charge in [-0.2, -0.15) is 0 Å². The highest BCUT2D eigenvalue weighted by Crippen LogP contribution is 1.94. The van der Waals surface area contributed by atoms with E-state index in [2.05, 4.69) is 24.1 Å². The second-order valence-corrected chi connectivity index (χ2v) is 4.32. The molecule has 0 bridgehead atoms. The molecular weight excluding hydrogens is 200 g/mol. The summed E-state index contributed by atoms with van der Waals surface area (Å²) in [5.74, 6) is 0.626. The molecule has 1 N–H and O–H groups in total. The van der Waals surface area contributed by atoms with Crippen molar-refractivity contribution in [1.29, 1.82) is 0 Å². The van der Waals surface area contributed by atoms with Crippen molar-refractivity contribution in [1.82, 2.24) is 10.3 Å². The van der Waals surface area contributed by atoms with Crippen LogP contribution in [-0.4, -0.2) is 24.7 Å². The third-order valence-corrected chi connectivity index (χ3v) is 2.13. The number of aromatic nitrogens is 1. The summed E-state index contributed by atoms with van der Waals surface area (Å²) in [6, 6.07) is 5.97. The van der Waals surface area contributed by atoms with Crippen molar-refractivity contribution in [3.8, 4) is 0 Å². The average Bonchev–Trinajstić information content (AvgIpc) is 2.29. The van der Waals surface area contributed by atoms with Gasteiger partial charge in [-0.1, -0.05) is 19.9 Å². The molecular formula is C13H22N2O. The highest BCUT2D eigenvalue weighted by Gasteiger charge is 1.94. The van der Waals surface area contributed by atoms with Gasteiger partial charge in [-0.25, -0.2) is 0 Å². The molecule has 3 heteroatoms. The summed E-state index contributed by atoms with van der Waals surface area (Å²) in [4.78, 5) is 4.24. The zero-order valence-electron chi connectivity index (χ0n) is 10.3. The van der Waals surface area contributed by atoms with E-state index in [4.69, 9.17) is 4.74 Å². The Bertz CT molecular complexity index is 262. The SMILES string of the molecule is CC(C)COCCCNCc1ccccn1. The van der Waals surface area contributed by atoms with Crippen LogP contribution in [0.3, 0.4) is 0 Å². The number of ether oxygens (including phenoxy) is 1. The Morgan fingerprint density at radius 1 is 1.38 bits per heavy atom. The van der Waals surface area contributed by atoms with Crippen molar-refractivity contribution >= 4 is 0 Å². The van der Waals surface area contributed by atoms with Crippen molar-refractivity contribution in [2.75, 3.05) is 19.8 Å². The maximum Gasteiger partial charge on any atom is 0.0541 e. The van der Waals surface area contributed by atoms with Gasteiger partial charge in [0.25, 0.3) is 0 Å². The maximum atomic E-state index is 5.49. The Balaban J connectivity index is 1.93. The van der Waals surface area contributed by atoms with Gasteiger partial charge in [0, 0.05) is 26.0 Å². The predicted molar refractivity (Wildman–Crippen MR) is 66.2 cm³/mol. The number of pyridine rings is 1. The minimum Gasteiger partial charge on any atom is -0.381 e. The second-order valence-electron chi connectivity index (χ2n) is 4.32. The van der Waals surface area contributed by atoms with Gasteiger partial charge in [-0.3, -0.25) is 4.98 Å². The van der Waals surface area contributed by atoms with Crippen molar-refractivity contribution in [2.24, 2.45) is 5.92 Å². The fourth-order valence-corrected chi connectivity index (χ4v) is 1.34. The fourth-order valence-electron chi connectivity index (χ4n) is 1.34. The summed E-state index contributed by atoms with van der Waals surface area (Å²) >= 11 is 0. The Kier molecular flexibility index (Phi) is 6.77. The van der Waals surface area contributed by atoms with Gasteiger partial charge in [0.05, 0.1) is 5.69 Å². The van der Waals surface area contributed by atoms with Crippen molar-refractivity contribution < 1.29 is 4.74 Å². The van der Waals surface area contributed by atoms with Gasteiger partial charge < -0.3 is 10.1 Å². The van der Waals surface area contributed by atoms with Gasteiger partial charge in [0.15, 0.2) is 0 Å². The summed E-state index contributed by atoms with van der Waals surface area (Å²) in [7, 11) is 0. The van der Waals surface area contributed by atoms with E-state index >= 15 is 0 Å². The van der Waals surface area contributed by atoms with E-state index in [9.17, 15) is 0 Å². The monoisotopic (exact) mass is 222 g/mol. The molecule has 0 amide bonds. The Morgan fingerprint density at radius 2 is 2.25 bits per heavy atom. The smallest absolute Gasteiger partial charge is 0.0541 e. The zero-order chi connectivity index (χ0) is 11.6. The van der Waals surface area contributed by atoms with Crippen molar-refractivity contribution in [3.05, 3.63) is 30.1 Å². The van der Waals surface area contributed by atoms with E-state index in [1.165, 1.54) is 0 Å². The summed E-state index contributed by atoms with van der Waals surface area (Å²) in [5.41, 5.74) is 1.09. The molecule has 0 fully saturated rings. The molecule has 1 aromatic heterocycles. The normalized spacial score (nSPS) is 10.9. The minimum atomic E-state index is 0.626. The van der Waals surface area contributed by atoms with E-state index < -0.39 is 0 Å². The van der Waals surface area contributed by atoms with Gasteiger partial charge in [-0.05, 0) is 31.0 Å². The quantitative estimate of drug-likeness (QED) is 0.685. The molecule has 0 aliphatic heterocycles. The van der Waals surface area contributed by atoms with E-state index in [0.29, 0.717) is 5.92 Å². The van der Waals surface area contributed by atoms with Gasteiger partial charge in [0.1, 0.15) is 0 Å². The summed E-state index contributed by atoms with van der Waals surface area (Å²) in [6.07, 6.45) is 2.88. The molecule has 0 atom stereocenters. The number of nitrogens with zero attached hydrogens (tertiary/aromatic N) is 1. The lowest BCUT2D eigenvalue weighted by Gasteiger charge is -2.07. The lowest BCUT2D eigenvalue weighted by Crippen LogP contribution is -2.17. The average molecular weight is 222 g/mol. The number of nitrogens with one attached hydrogen (secondary N) is 1. The minimum absolute atomic E-state index is 0.626. The standard InChI is InChI=1S/C13H22N2O/c1-12(2)11-16-9-5-7-14-10-13-6-3-4-8-15-13/h3-4,6,8,12,14H,5,7,9-11H2,1-2H3. The van der Waals surface area contributed by atoms with Crippen LogP contribution in [0, 0.1) is 5.92 Å². The van der Waals surface area contributed by atoms with Crippen LogP contribution in [-0.2, 0) is 11.3 Å². The van der Waals surface area contributed by atoms with Crippen LogP contribution in [0.1, 0.15) is 26.0 Å². The molecule has 0 spiro atoms. The highest BCUT2D eigenvalue weighted by molar-refractivity contribution is 5.02. The fraction of sp³-hybridized carbons (Fsp3) is 0.615. The predicted octanol–water partition coefficient (Wildman–Crippen LogP) is 2.23. The first-order valence-corrected chi connectivity index (χ1v) is 5.97. The molecule has 3 nitrogen and oxygen atoms in total. The Labute approximate surface area is 98.2 Å². The topological polar surface area (TPSA) is 34.1 Å². The Hall–Kier alpha value is -0.930. The zero-order valence-corrected chi connectivity index (χ0v) is 10.3. The van der Waals surface area contributed by atoms with Crippen molar-refractivity contribution in [2.45, 2.75) is 26.8 Å². The first-order chi connectivity index (χ1) is 7.79. The van der Waals surface area contributed by atoms with Crippen LogP contribution in [0.5, 0.6) is 0 Å². The van der Waals surface area contributed by atoms with Crippen LogP contribution < -0.4 is 5.32 Å². The van der Waals surface area contributed by atoms with Crippen LogP contribution in [0.2, 0.25) is 0 Å². The van der Waals surface area contributed by atoms with Crippen LogP contribution in [0.4, 0.5) is 0 Å². The molecule has 0 saturated heterocycles. The summed E-state index contributed by atoms with van der Waals surface area (Å²) in [5, 5.41) is 3.35. The lowest BCUT2D eigenvalue weighted by molar-refractivity contribution is 0.108.